The molecule has 6 nitrogen and oxygen atoms in total. The first kappa shape index (κ1) is 20.9. The van der Waals surface area contributed by atoms with Gasteiger partial charge in [-0.25, -0.2) is 16.8 Å². The minimum Gasteiger partial charge on any atom is -0.280 e. The highest BCUT2D eigenvalue weighted by atomic mass is 32.2. The van der Waals surface area contributed by atoms with E-state index in [4.69, 9.17) is 0 Å². The van der Waals surface area contributed by atoms with Crippen LogP contribution in [0.3, 0.4) is 0 Å². The van der Waals surface area contributed by atoms with Gasteiger partial charge in [-0.2, -0.15) is 0 Å². The van der Waals surface area contributed by atoms with Gasteiger partial charge in [-0.05, 0) is 67.4 Å². The zero-order valence-corrected chi connectivity index (χ0v) is 18.0. The molecule has 0 amide bonds. The Hall–Kier alpha value is -2.84. The third kappa shape index (κ3) is 4.44. The van der Waals surface area contributed by atoms with Crippen molar-refractivity contribution >= 4 is 31.4 Å². The maximum atomic E-state index is 13.0. The number of rotatable bonds is 6. The Labute approximate surface area is 171 Å². The van der Waals surface area contributed by atoms with Crippen LogP contribution in [0.2, 0.25) is 0 Å². The maximum Gasteiger partial charge on any atom is 0.264 e. The highest BCUT2D eigenvalue weighted by Gasteiger charge is 2.22. The highest BCUT2D eigenvalue weighted by Crippen LogP contribution is 2.25. The normalized spacial score (nSPS) is 11.8. The van der Waals surface area contributed by atoms with Gasteiger partial charge in [-0.1, -0.05) is 30.3 Å². The Morgan fingerprint density at radius 3 is 2.07 bits per heavy atom. The van der Waals surface area contributed by atoms with E-state index in [2.05, 4.69) is 4.72 Å². The minimum atomic E-state index is -3.85. The number of para-hydroxylation sites is 1. The van der Waals surface area contributed by atoms with Crippen LogP contribution in [0.4, 0.5) is 11.4 Å². The summed E-state index contributed by atoms with van der Waals surface area (Å²) in [6.45, 7) is 3.73. The van der Waals surface area contributed by atoms with E-state index in [-0.39, 0.29) is 15.5 Å². The van der Waals surface area contributed by atoms with Crippen LogP contribution in [0.5, 0.6) is 0 Å². The molecule has 3 aromatic rings. The minimum absolute atomic E-state index is 0.0101. The smallest absolute Gasteiger partial charge is 0.264 e. The zero-order chi connectivity index (χ0) is 21.2. The molecule has 8 heteroatoms. The molecule has 0 aromatic heterocycles. The second-order valence-corrected chi connectivity index (χ2v) is 10.3. The number of anilines is 2. The summed E-state index contributed by atoms with van der Waals surface area (Å²) in [5.74, 6) is 0. The molecule has 0 spiro atoms. The Balaban J connectivity index is 1.92. The van der Waals surface area contributed by atoms with Crippen molar-refractivity contribution in [3.05, 3.63) is 83.9 Å². The predicted molar refractivity (Wildman–Crippen MR) is 115 cm³/mol. The topological polar surface area (TPSA) is 83.5 Å². The number of sulfonamides is 2. The standard InChI is InChI=1S/C21H22N2O4S2/c1-16-12-13-20(14-17(16)2)28(24,25)22-18-8-7-11-21(15-18)29(26,27)23(3)19-9-5-4-6-10-19/h4-15,22H,1-3H3. The van der Waals surface area contributed by atoms with Crippen molar-refractivity contribution in [2.75, 3.05) is 16.1 Å². The molecule has 0 saturated heterocycles. The number of nitrogens with one attached hydrogen (secondary N) is 1. The zero-order valence-electron chi connectivity index (χ0n) is 16.3. The van der Waals surface area contributed by atoms with E-state index in [1.165, 1.54) is 37.4 Å². The van der Waals surface area contributed by atoms with E-state index in [9.17, 15) is 16.8 Å². The van der Waals surface area contributed by atoms with E-state index < -0.39 is 20.0 Å². The summed E-state index contributed by atoms with van der Waals surface area (Å²) in [6, 6.07) is 19.3. The molecule has 0 aliphatic rings. The second kappa shape index (κ2) is 7.88. The molecular weight excluding hydrogens is 408 g/mol. The number of benzene rings is 3. The molecule has 0 aliphatic heterocycles. The van der Waals surface area contributed by atoms with Gasteiger partial charge in [0.15, 0.2) is 0 Å². The van der Waals surface area contributed by atoms with Crippen molar-refractivity contribution in [2.45, 2.75) is 23.6 Å². The van der Waals surface area contributed by atoms with Crippen molar-refractivity contribution in [3.63, 3.8) is 0 Å². The first-order chi connectivity index (χ1) is 13.6. The molecule has 1 N–H and O–H groups in total. The molecule has 3 rings (SSSR count). The molecule has 0 fully saturated rings. The fraction of sp³-hybridized carbons (Fsp3) is 0.143. The second-order valence-electron chi connectivity index (χ2n) is 6.69. The van der Waals surface area contributed by atoms with E-state index >= 15 is 0 Å². The molecule has 152 valence electrons. The van der Waals surface area contributed by atoms with Crippen LogP contribution in [-0.4, -0.2) is 23.9 Å². The van der Waals surface area contributed by atoms with Crippen molar-refractivity contribution in [1.82, 2.24) is 0 Å². The summed E-state index contributed by atoms with van der Waals surface area (Å²) in [6.07, 6.45) is 0. The fourth-order valence-electron chi connectivity index (χ4n) is 2.75. The van der Waals surface area contributed by atoms with Crippen LogP contribution in [-0.2, 0) is 20.0 Å². The summed E-state index contributed by atoms with van der Waals surface area (Å²) < 4.78 is 54.9. The van der Waals surface area contributed by atoms with Crippen LogP contribution >= 0.6 is 0 Å². The molecule has 29 heavy (non-hydrogen) atoms. The van der Waals surface area contributed by atoms with Gasteiger partial charge < -0.3 is 0 Å². The fourth-order valence-corrected chi connectivity index (χ4v) is 5.13. The number of aryl methyl sites for hydroxylation is 2. The van der Waals surface area contributed by atoms with Gasteiger partial charge in [0.25, 0.3) is 20.0 Å². The monoisotopic (exact) mass is 430 g/mol. The number of hydrogen-bond acceptors (Lipinski definition) is 4. The molecule has 0 unspecified atom stereocenters. The number of nitrogens with zero attached hydrogens (tertiary/aromatic N) is 1. The van der Waals surface area contributed by atoms with Gasteiger partial charge in [0.2, 0.25) is 0 Å². The van der Waals surface area contributed by atoms with Crippen LogP contribution in [0, 0.1) is 13.8 Å². The molecule has 0 radical (unpaired) electrons. The quantitative estimate of drug-likeness (QED) is 0.642. The first-order valence-corrected chi connectivity index (χ1v) is 11.8. The summed E-state index contributed by atoms with van der Waals surface area (Å²) in [5, 5.41) is 0. The van der Waals surface area contributed by atoms with Crippen LogP contribution in [0.1, 0.15) is 11.1 Å². The van der Waals surface area contributed by atoms with Gasteiger partial charge in [-0.3, -0.25) is 9.03 Å². The third-order valence-electron chi connectivity index (χ3n) is 4.65. The Bertz CT molecular complexity index is 1240. The van der Waals surface area contributed by atoms with Crippen molar-refractivity contribution in [1.29, 1.82) is 0 Å². The van der Waals surface area contributed by atoms with Crippen LogP contribution in [0.15, 0.2) is 82.6 Å². The lowest BCUT2D eigenvalue weighted by Gasteiger charge is -2.20. The lowest BCUT2D eigenvalue weighted by atomic mass is 10.1. The van der Waals surface area contributed by atoms with Gasteiger partial charge >= 0.3 is 0 Å². The summed E-state index contributed by atoms with van der Waals surface area (Å²) in [5.41, 5.74) is 2.52. The third-order valence-corrected chi connectivity index (χ3v) is 7.81. The Kier molecular flexibility index (Phi) is 5.68. The molecule has 0 heterocycles. The van der Waals surface area contributed by atoms with Crippen molar-refractivity contribution < 1.29 is 16.8 Å². The van der Waals surface area contributed by atoms with E-state index in [1.54, 1.807) is 42.5 Å². The van der Waals surface area contributed by atoms with Gasteiger partial charge in [-0.15, -0.1) is 0 Å². The van der Waals surface area contributed by atoms with Gasteiger partial charge in [0, 0.05) is 7.05 Å². The maximum absolute atomic E-state index is 13.0. The largest absolute Gasteiger partial charge is 0.280 e. The SMILES string of the molecule is Cc1ccc(S(=O)(=O)Nc2cccc(S(=O)(=O)N(C)c3ccccc3)c2)cc1C. The van der Waals surface area contributed by atoms with Crippen LogP contribution < -0.4 is 9.03 Å². The first-order valence-electron chi connectivity index (χ1n) is 8.85. The predicted octanol–water partition coefficient (Wildman–Crippen LogP) is 3.93. The van der Waals surface area contributed by atoms with E-state index in [0.717, 1.165) is 15.4 Å². The molecule has 0 bridgehead atoms. The molecule has 0 saturated carbocycles. The Morgan fingerprint density at radius 2 is 1.41 bits per heavy atom. The van der Waals surface area contributed by atoms with Crippen molar-refractivity contribution in [2.24, 2.45) is 0 Å². The van der Waals surface area contributed by atoms with Gasteiger partial charge in [0.1, 0.15) is 0 Å². The summed E-state index contributed by atoms with van der Waals surface area (Å²) in [4.78, 5) is 0.111. The van der Waals surface area contributed by atoms with Crippen molar-refractivity contribution in [3.8, 4) is 0 Å². The molecular formula is C21H22N2O4S2. The van der Waals surface area contributed by atoms with Crippen LogP contribution in [0.25, 0.3) is 0 Å². The summed E-state index contributed by atoms with van der Waals surface area (Å²) >= 11 is 0. The highest BCUT2D eigenvalue weighted by molar-refractivity contribution is 7.93. The molecule has 3 aromatic carbocycles. The molecule has 0 atom stereocenters. The van der Waals surface area contributed by atoms with E-state index in [0.29, 0.717) is 5.69 Å². The summed E-state index contributed by atoms with van der Waals surface area (Å²) in [7, 11) is -6.24. The molecule has 0 aliphatic carbocycles. The Morgan fingerprint density at radius 1 is 0.724 bits per heavy atom. The number of hydrogen-bond donors (Lipinski definition) is 1. The lowest BCUT2D eigenvalue weighted by Crippen LogP contribution is -2.26. The average molecular weight is 431 g/mol. The van der Waals surface area contributed by atoms with E-state index in [1.807, 2.05) is 13.8 Å². The lowest BCUT2D eigenvalue weighted by molar-refractivity contribution is 0.593. The average Bonchev–Trinajstić information content (AvgIpc) is 2.70. The van der Waals surface area contributed by atoms with Gasteiger partial charge in [0.05, 0.1) is 21.2 Å².